The number of aryl methyl sites for hydroxylation is 2. The van der Waals surface area contributed by atoms with Crippen LogP contribution < -0.4 is 26.0 Å². The van der Waals surface area contributed by atoms with Gasteiger partial charge in [0.05, 0.1) is 13.0 Å². The van der Waals surface area contributed by atoms with Crippen LogP contribution in [0.3, 0.4) is 0 Å². The lowest BCUT2D eigenvalue weighted by Gasteiger charge is -2.34. The van der Waals surface area contributed by atoms with E-state index in [-0.39, 0.29) is 37.6 Å². The first-order valence-corrected chi connectivity index (χ1v) is 19.3. The Kier molecular flexibility index (Phi) is 14.3. The summed E-state index contributed by atoms with van der Waals surface area (Å²) in [4.78, 5) is 70.9. The second-order valence-electron chi connectivity index (χ2n) is 15.5. The lowest BCUT2D eigenvalue weighted by atomic mass is 9.94. The van der Waals surface area contributed by atoms with Gasteiger partial charge >= 0.3 is 6.09 Å². The van der Waals surface area contributed by atoms with Crippen molar-refractivity contribution in [3.05, 3.63) is 101 Å². The van der Waals surface area contributed by atoms with Crippen molar-refractivity contribution in [3.8, 4) is 5.75 Å². The molecule has 4 bridgehead atoms. The summed E-state index contributed by atoms with van der Waals surface area (Å²) in [6.07, 6.45) is 2.22. The van der Waals surface area contributed by atoms with Gasteiger partial charge in [0.25, 0.3) is 0 Å². The molecule has 2 aliphatic rings. The molecule has 0 saturated carbocycles. The van der Waals surface area contributed by atoms with Crippen molar-refractivity contribution in [1.29, 1.82) is 0 Å². The van der Waals surface area contributed by atoms with Crippen LogP contribution >= 0.6 is 0 Å². The Morgan fingerprint density at radius 1 is 0.945 bits per heavy atom. The van der Waals surface area contributed by atoms with Crippen molar-refractivity contribution < 1.29 is 33.4 Å². The van der Waals surface area contributed by atoms with Crippen molar-refractivity contribution in [2.24, 2.45) is 5.92 Å². The van der Waals surface area contributed by atoms with Crippen LogP contribution in [-0.2, 0) is 43.3 Å². The molecule has 3 aromatic carbocycles. The summed E-state index contributed by atoms with van der Waals surface area (Å²) in [6.45, 7) is 8.84. The summed E-state index contributed by atoms with van der Waals surface area (Å²) < 4.78 is 11.6. The van der Waals surface area contributed by atoms with E-state index < -0.39 is 47.5 Å². The van der Waals surface area contributed by atoms with Gasteiger partial charge in [0, 0.05) is 26.1 Å². The predicted molar refractivity (Wildman–Crippen MR) is 209 cm³/mol. The Labute approximate surface area is 324 Å². The highest BCUT2D eigenvalue weighted by molar-refractivity contribution is 5.96. The van der Waals surface area contributed by atoms with E-state index in [0.717, 1.165) is 41.5 Å². The maximum atomic E-state index is 14.3. The molecular weight excluding hydrogens is 699 g/mol. The van der Waals surface area contributed by atoms with E-state index in [9.17, 15) is 24.0 Å². The summed E-state index contributed by atoms with van der Waals surface area (Å²) in [5.74, 6) is -1.12. The summed E-state index contributed by atoms with van der Waals surface area (Å²) in [7, 11) is 0. The largest absolute Gasteiger partial charge is 0.494 e. The molecule has 0 aromatic heterocycles. The van der Waals surface area contributed by atoms with Crippen LogP contribution in [0.4, 0.5) is 4.79 Å². The van der Waals surface area contributed by atoms with Crippen molar-refractivity contribution >= 4 is 29.7 Å². The van der Waals surface area contributed by atoms with Gasteiger partial charge in [-0.05, 0) is 100 Å². The molecule has 12 heteroatoms. The first-order chi connectivity index (χ1) is 26.3. The molecule has 2 aliphatic heterocycles. The van der Waals surface area contributed by atoms with E-state index in [1.807, 2.05) is 85.8 Å². The smallest absolute Gasteiger partial charge is 0.408 e. The second-order valence-corrected chi connectivity index (χ2v) is 15.5. The number of fused-ring (bicyclic) bond motifs is 4. The Morgan fingerprint density at radius 3 is 2.36 bits per heavy atom. The minimum Gasteiger partial charge on any atom is -0.494 e. The quantitative estimate of drug-likeness (QED) is 0.259. The number of carbonyl (C=O) groups excluding carboxylic acids is 5. The molecule has 4 atom stereocenters. The number of ether oxygens (including phenoxy) is 2. The van der Waals surface area contributed by atoms with Gasteiger partial charge in [-0.1, -0.05) is 66.7 Å². The molecule has 3 aromatic rings. The normalized spacial score (nSPS) is 20.4. The summed E-state index contributed by atoms with van der Waals surface area (Å²) in [5.41, 5.74) is 2.82. The van der Waals surface area contributed by atoms with Gasteiger partial charge in [0.2, 0.25) is 23.6 Å². The van der Waals surface area contributed by atoms with Crippen molar-refractivity contribution in [1.82, 2.24) is 26.2 Å². The predicted octanol–water partition coefficient (Wildman–Crippen LogP) is 4.76. The Morgan fingerprint density at radius 2 is 1.65 bits per heavy atom. The molecule has 12 nitrogen and oxygen atoms in total. The number of carbonyl (C=O) groups is 5. The Bertz CT molecular complexity index is 1780. The fourth-order valence-corrected chi connectivity index (χ4v) is 6.90. The Hall–Kier alpha value is -5.39. The maximum Gasteiger partial charge on any atom is 0.408 e. The van der Waals surface area contributed by atoms with Crippen LogP contribution in [0.5, 0.6) is 5.75 Å². The number of alkyl carbamates (subject to hydrolysis) is 1. The number of benzene rings is 3. The van der Waals surface area contributed by atoms with Gasteiger partial charge in [-0.15, -0.1) is 0 Å². The molecule has 1 fully saturated rings. The molecule has 4 N–H and O–H groups in total. The summed E-state index contributed by atoms with van der Waals surface area (Å²) in [6, 6.07) is 21.1. The highest BCUT2D eigenvalue weighted by atomic mass is 16.6. The number of nitrogens with one attached hydrogen (secondary N) is 4. The zero-order chi connectivity index (χ0) is 39.4. The molecule has 294 valence electrons. The maximum absolute atomic E-state index is 14.3. The third kappa shape index (κ3) is 12.9. The molecule has 0 aliphatic carbocycles. The fourth-order valence-electron chi connectivity index (χ4n) is 6.90. The topological polar surface area (TPSA) is 155 Å². The average molecular weight is 754 g/mol. The number of piperidine rings is 1. The van der Waals surface area contributed by atoms with Gasteiger partial charge in [-0.3, -0.25) is 19.2 Å². The Balaban J connectivity index is 1.44. The van der Waals surface area contributed by atoms with Crippen LogP contribution in [0.1, 0.15) is 75.1 Å². The van der Waals surface area contributed by atoms with Gasteiger partial charge in [0.1, 0.15) is 29.5 Å². The first-order valence-electron chi connectivity index (χ1n) is 19.3. The van der Waals surface area contributed by atoms with Crippen molar-refractivity contribution in [3.63, 3.8) is 0 Å². The molecule has 0 radical (unpaired) electrons. The molecule has 1 saturated heterocycles. The zero-order valence-electron chi connectivity index (χ0n) is 32.4. The van der Waals surface area contributed by atoms with E-state index in [1.165, 1.54) is 0 Å². The van der Waals surface area contributed by atoms with E-state index in [0.29, 0.717) is 31.9 Å². The van der Waals surface area contributed by atoms with Crippen LogP contribution in [0.25, 0.3) is 0 Å². The molecule has 2 heterocycles. The molecule has 55 heavy (non-hydrogen) atoms. The summed E-state index contributed by atoms with van der Waals surface area (Å²) in [5, 5.41) is 11.3. The van der Waals surface area contributed by atoms with Gasteiger partial charge < -0.3 is 35.6 Å². The number of nitrogens with zero attached hydrogens (tertiary/aromatic N) is 1. The van der Waals surface area contributed by atoms with E-state index >= 15 is 0 Å². The van der Waals surface area contributed by atoms with E-state index in [1.54, 1.807) is 25.7 Å². The van der Waals surface area contributed by atoms with Crippen LogP contribution in [-0.4, -0.2) is 78.0 Å². The standard InChI is InChI=1S/C43H55N5O7/c1-29-17-19-34-25-33(29)27-44-39(50)35(20-18-30-12-7-5-8-13-30)45-41(52)37(26-38(49)48-22-11-16-32(28-48)21-23-54-34)46-40(51)36(24-31-14-9-6-10-15-31)47-42(53)55-43(2,3)4/h5-10,12-15,17,19,25,32,35-37H,11,16,18,20-24,26-28H2,1-4H3,(H,44,50)(H,45,52)(H,46,51)(H,47,53)/t32?,35?,36?,37-/m0/s1. The van der Waals surface area contributed by atoms with Crippen molar-refractivity contribution in [2.45, 2.75) is 103 Å². The van der Waals surface area contributed by atoms with Crippen LogP contribution in [0, 0.1) is 12.8 Å². The minimum atomic E-state index is -1.34. The SMILES string of the molecule is Cc1ccc2cc1CNC(=O)C(CCc1ccccc1)NC(=O)[C@@H](NC(=O)C(Cc1ccccc1)NC(=O)OC(C)(C)C)CC(=O)N1CCCC(CCO2)C1. The van der Waals surface area contributed by atoms with Gasteiger partial charge in [0.15, 0.2) is 0 Å². The summed E-state index contributed by atoms with van der Waals surface area (Å²) >= 11 is 0. The van der Waals surface area contributed by atoms with Crippen LogP contribution in [0.15, 0.2) is 78.9 Å². The molecule has 5 amide bonds. The number of hydrogen-bond acceptors (Lipinski definition) is 7. The lowest BCUT2D eigenvalue weighted by molar-refractivity contribution is -0.138. The first kappa shape index (κ1) is 40.8. The average Bonchev–Trinajstić information content (AvgIpc) is 3.15. The lowest BCUT2D eigenvalue weighted by Crippen LogP contribution is -2.58. The second kappa shape index (κ2) is 19.3. The third-order valence-corrected chi connectivity index (χ3v) is 9.94. The monoisotopic (exact) mass is 753 g/mol. The third-order valence-electron chi connectivity index (χ3n) is 9.94. The fraction of sp³-hybridized carbons (Fsp3) is 0.465. The van der Waals surface area contributed by atoms with Gasteiger partial charge in [-0.25, -0.2) is 4.79 Å². The number of amides is 5. The van der Waals surface area contributed by atoms with Gasteiger partial charge in [-0.2, -0.15) is 0 Å². The minimum absolute atomic E-state index is 0.104. The number of rotatable bonds is 8. The zero-order valence-corrected chi connectivity index (χ0v) is 32.4. The van der Waals surface area contributed by atoms with E-state index in [2.05, 4.69) is 21.3 Å². The molecule has 5 rings (SSSR count). The van der Waals surface area contributed by atoms with E-state index in [4.69, 9.17) is 9.47 Å². The van der Waals surface area contributed by atoms with Crippen LogP contribution in [0.2, 0.25) is 0 Å². The highest BCUT2D eigenvalue weighted by Crippen LogP contribution is 2.23. The molecule has 0 spiro atoms. The number of hydrogen-bond donors (Lipinski definition) is 4. The molecular formula is C43H55N5O7. The van der Waals surface area contributed by atoms with Crippen molar-refractivity contribution in [2.75, 3.05) is 19.7 Å². The highest BCUT2D eigenvalue weighted by Gasteiger charge is 2.34. The molecule has 3 unspecified atom stereocenters.